The first-order valence-corrected chi connectivity index (χ1v) is 14.0. The van der Waals surface area contributed by atoms with Crippen LogP contribution >= 0.6 is 66.7 Å². The fourth-order valence-corrected chi connectivity index (χ4v) is 10.2. The molecule has 0 aliphatic carbocycles. The molecule has 0 amide bonds. The molecule has 0 aliphatic heterocycles. The molecule has 0 atom stereocenters. The Kier molecular flexibility index (Phi) is 8.11. The van der Waals surface area contributed by atoms with Crippen LogP contribution in [0.25, 0.3) is 0 Å². The molecule has 1 nitrogen and oxygen atoms in total. The van der Waals surface area contributed by atoms with E-state index in [9.17, 15) is 0 Å². The van der Waals surface area contributed by atoms with Gasteiger partial charge < -0.3 is 0 Å². The van der Waals surface area contributed by atoms with E-state index in [1.165, 1.54) is 21.2 Å². The van der Waals surface area contributed by atoms with Crippen LogP contribution in [-0.4, -0.2) is 0 Å². The first-order chi connectivity index (χ1) is 15.1. The first kappa shape index (κ1) is 23.3. The minimum absolute atomic E-state index is 0.946. The van der Waals surface area contributed by atoms with E-state index in [1.807, 2.05) is 48.5 Å². The van der Waals surface area contributed by atoms with Crippen LogP contribution in [0.15, 0.2) is 117 Å². The monoisotopic (exact) mass is 513 g/mol. The first-order valence-electron chi connectivity index (χ1n) is 9.55. The summed E-state index contributed by atoms with van der Waals surface area (Å²) in [7, 11) is -1.89. The lowest BCUT2D eigenvalue weighted by Crippen LogP contribution is -2.29. The van der Waals surface area contributed by atoms with Gasteiger partial charge in [-0.05, 0) is 24.3 Å². The Hall–Kier alpha value is -0.900. The van der Waals surface area contributed by atoms with Crippen molar-refractivity contribution in [1.29, 1.82) is 0 Å². The van der Waals surface area contributed by atoms with E-state index in [-0.39, 0.29) is 0 Å². The van der Waals surface area contributed by atoms with Crippen molar-refractivity contribution in [3.05, 3.63) is 97.1 Å². The van der Waals surface area contributed by atoms with E-state index in [4.69, 9.17) is 50.5 Å². The molecule has 7 heteroatoms. The average molecular weight is 514 g/mol. The van der Waals surface area contributed by atoms with Gasteiger partial charge in [0.1, 0.15) is 0 Å². The van der Waals surface area contributed by atoms with Gasteiger partial charge >= 0.3 is 0 Å². The van der Waals surface area contributed by atoms with E-state index in [2.05, 4.69) is 53.4 Å². The summed E-state index contributed by atoms with van der Waals surface area (Å²) in [5.74, 6) is 0. The number of nitrogens with one attached hydrogen (secondary N) is 1. The molecular formula is C24H21NP2S4. The summed E-state index contributed by atoms with van der Waals surface area (Å²) >= 11 is 19.2. The lowest BCUT2D eigenvalue weighted by Gasteiger charge is -2.30. The van der Waals surface area contributed by atoms with E-state index in [1.54, 1.807) is 0 Å². The predicted octanol–water partition coefficient (Wildman–Crippen LogP) is 5.83. The second-order valence-electron chi connectivity index (χ2n) is 6.73. The maximum Gasteiger partial charge on any atom is 0.0317 e. The SMILES string of the molecule is Sc1ccccc1P(NP(c1ccccc1S)c1ccccc1S)c1ccccc1S. The molecule has 0 aliphatic rings. The molecular weight excluding hydrogens is 492 g/mol. The quantitative estimate of drug-likeness (QED) is 0.162. The van der Waals surface area contributed by atoms with Crippen molar-refractivity contribution in [3.8, 4) is 0 Å². The van der Waals surface area contributed by atoms with Crippen molar-refractivity contribution >= 4 is 87.9 Å². The fraction of sp³-hybridized carbons (Fsp3) is 0. The highest BCUT2D eigenvalue weighted by Crippen LogP contribution is 2.45. The number of hydrogen-bond acceptors (Lipinski definition) is 5. The summed E-state index contributed by atoms with van der Waals surface area (Å²) in [6, 6.07) is 33.1. The molecule has 0 saturated heterocycles. The highest BCUT2D eigenvalue weighted by atomic mass is 32.1. The predicted molar refractivity (Wildman–Crippen MR) is 150 cm³/mol. The third-order valence-corrected chi connectivity index (χ3v) is 12.0. The second kappa shape index (κ2) is 10.8. The smallest absolute Gasteiger partial charge is 0.0317 e. The van der Waals surface area contributed by atoms with Gasteiger partial charge in [0, 0.05) is 56.9 Å². The van der Waals surface area contributed by atoms with Gasteiger partial charge in [0.2, 0.25) is 0 Å². The summed E-state index contributed by atoms with van der Waals surface area (Å²) in [6.07, 6.45) is 0. The third-order valence-electron chi connectivity index (χ3n) is 4.69. The van der Waals surface area contributed by atoms with Crippen molar-refractivity contribution in [2.75, 3.05) is 0 Å². The van der Waals surface area contributed by atoms with E-state index in [0.29, 0.717) is 0 Å². The Morgan fingerprint density at radius 3 is 0.839 bits per heavy atom. The van der Waals surface area contributed by atoms with Gasteiger partial charge in [-0.2, -0.15) is 0 Å². The van der Waals surface area contributed by atoms with Crippen molar-refractivity contribution < 1.29 is 0 Å². The van der Waals surface area contributed by atoms with Crippen LogP contribution < -0.4 is 26.1 Å². The highest BCUT2D eigenvalue weighted by molar-refractivity contribution is 7.89. The van der Waals surface area contributed by atoms with Gasteiger partial charge in [-0.25, -0.2) is 0 Å². The number of hydrogen-bond donors (Lipinski definition) is 5. The number of benzene rings is 4. The molecule has 31 heavy (non-hydrogen) atoms. The van der Waals surface area contributed by atoms with Crippen molar-refractivity contribution in [1.82, 2.24) is 4.86 Å². The summed E-state index contributed by atoms with van der Waals surface area (Å²) in [5.41, 5.74) is 0. The van der Waals surface area contributed by atoms with Crippen molar-refractivity contribution in [3.63, 3.8) is 0 Å². The normalized spacial score (nSPS) is 11.3. The molecule has 4 aromatic rings. The Morgan fingerprint density at radius 2 is 0.613 bits per heavy atom. The van der Waals surface area contributed by atoms with Gasteiger partial charge in [0.15, 0.2) is 0 Å². The highest BCUT2D eigenvalue weighted by Gasteiger charge is 2.26. The lowest BCUT2D eigenvalue weighted by atomic mass is 10.4. The second-order valence-corrected chi connectivity index (χ2v) is 12.7. The topological polar surface area (TPSA) is 12.0 Å². The molecule has 0 unspecified atom stereocenters. The molecule has 156 valence electrons. The molecule has 0 radical (unpaired) electrons. The van der Waals surface area contributed by atoms with E-state index in [0.717, 1.165) is 19.6 Å². The van der Waals surface area contributed by atoms with Gasteiger partial charge in [-0.1, -0.05) is 72.8 Å². The molecule has 0 fully saturated rings. The zero-order chi connectivity index (χ0) is 21.8. The molecule has 1 N–H and O–H groups in total. The van der Waals surface area contributed by atoms with Gasteiger partial charge in [-0.15, -0.1) is 50.5 Å². The molecule has 0 spiro atoms. The maximum atomic E-state index is 4.79. The molecule has 0 saturated carbocycles. The summed E-state index contributed by atoms with van der Waals surface area (Å²) in [6.45, 7) is 0. The zero-order valence-corrected chi connectivity index (χ0v) is 21.8. The van der Waals surface area contributed by atoms with Crippen LogP contribution in [0.2, 0.25) is 0 Å². The van der Waals surface area contributed by atoms with Crippen LogP contribution in [0.1, 0.15) is 0 Å². The van der Waals surface area contributed by atoms with Crippen LogP contribution in [0.5, 0.6) is 0 Å². The minimum Gasteiger partial charge on any atom is -0.259 e. The Labute approximate surface area is 208 Å². The molecule has 4 aromatic carbocycles. The van der Waals surface area contributed by atoms with Crippen molar-refractivity contribution in [2.24, 2.45) is 0 Å². The minimum atomic E-state index is -0.946. The van der Waals surface area contributed by atoms with E-state index < -0.39 is 16.1 Å². The number of rotatable bonds is 6. The van der Waals surface area contributed by atoms with Crippen LogP contribution in [0.4, 0.5) is 0 Å². The standard InChI is InChI=1S/C24H21NP2S4/c28-21-13-5-1-9-17(21)26(18-10-2-6-14-22(18)29)25-27(19-11-3-7-15-23(19)30)20-12-4-8-16-24(20)31/h1-16,25,28-31H. The Bertz CT molecular complexity index is 1020. The van der Waals surface area contributed by atoms with Crippen LogP contribution in [0, 0.1) is 0 Å². The Morgan fingerprint density at radius 1 is 0.387 bits per heavy atom. The Balaban J connectivity index is 1.89. The largest absolute Gasteiger partial charge is 0.259 e. The average Bonchev–Trinajstić information content (AvgIpc) is 2.78. The molecule has 0 aromatic heterocycles. The summed E-state index contributed by atoms with van der Waals surface area (Å²) in [5, 5.41) is 4.68. The summed E-state index contributed by atoms with van der Waals surface area (Å²) in [4.78, 5) is 7.87. The molecule has 0 heterocycles. The maximum absolute atomic E-state index is 4.79. The van der Waals surface area contributed by atoms with Gasteiger partial charge in [0.25, 0.3) is 0 Å². The zero-order valence-electron chi connectivity index (χ0n) is 16.4. The van der Waals surface area contributed by atoms with Crippen LogP contribution in [0.3, 0.4) is 0 Å². The van der Waals surface area contributed by atoms with Crippen LogP contribution in [-0.2, 0) is 0 Å². The molecule has 0 bridgehead atoms. The lowest BCUT2D eigenvalue weighted by molar-refractivity contribution is 1.47. The fourth-order valence-electron chi connectivity index (χ4n) is 3.19. The van der Waals surface area contributed by atoms with Crippen molar-refractivity contribution in [2.45, 2.75) is 19.6 Å². The summed E-state index contributed by atoms with van der Waals surface area (Å²) < 4.78 is 0. The van der Waals surface area contributed by atoms with E-state index >= 15 is 0 Å². The third kappa shape index (κ3) is 5.37. The number of thiol groups is 4. The molecule has 4 rings (SSSR count). The van der Waals surface area contributed by atoms with Gasteiger partial charge in [-0.3, -0.25) is 4.86 Å². The van der Waals surface area contributed by atoms with Gasteiger partial charge in [0.05, 0.1) is 0 Å².